The van der Waals surface area contributed by atoms with Gasteiger partial charge >= 0.3 is 0 Å². The lowest BCUT2D eigenvalue weighted by Gasteiger charge is -1.96. The number of hydrogen-bond donors (Lipinski definition) is 1. The van der Waals surface area contributed by atoms with Crippen molar-refractivity contribution in [3.63, 3.8) is 0 Å². The van der Waals surface area contributed by atoms with Crippen molar-refractivity contribution in [1.82, 2.24) is 9.36 Å². The minimum absolute atomic E-state index is 0.655. The summed E-state index contributed by atoms with van der Waals surface area (Å²) >= 11 is 1.45. The fourth-order valence-corrected chi connectivity index (χ4v) is 1.81. The number of hydrogen-bond acceptors (Lipinski definition) is 5. The van der Waals surface area contributed by atoms with Crippen LogP contribution in [0.5, 0.6) is 0 Å². The lowest BCUT2D eigenvalue weighted by atomic mass is 10.4. The first-order valence-corrected chi connectivity index (χ1v) is 5.82. The van der Waals surface area contributed by atoms with Gasteiger partial charge in [-0.05, 0) is 19.8 Å². The summed E-state index contributed by atoms with van der Waals surface area (Å²) in [7, 11) is 0. The number of nitrogens with one attached hydrogen (secondary N) is 1. The summed E-state index contributed by atoms with van der Waals surface area (Å²) in [5, 5.41) is 4.29. The van der Waals surface area contributed by atoms with Crippen LogP contribution in [0.25, 0.3) is 0 Å². The molecule has 1 aromatic rings. The Balaban J connectivity index is 1.76. The molecule has 0 unspecified atom stereocenters. The third kappa shape index (κ3) is 2.92. The maximum absolute atomic E-state index is 5.24. The van der Waals surface area contributed by atoms with Crippen molar-refractivity contribution in [1.29, 1.82) is 0 Å². The Kier molecular flexibility index (Phi) is 3.31. The molecule has 1 saturated carbocycles. The molecule has 0 aliphatic heterocycles. The highest BCUT2D eigenvalue weighted by Gasteiger charge is 2.22. The lowest BCUT2D eigenvalue weighted by Crippen LogP contribution is -2.02. The first-order valence-electron chi connectivity index (χ1n) is 5.05. The van der Waals surface area contributed by atoms with Gasteiger partial charge in [0.15, 0.2) is 0 Å². The van der Waals surface area contributed by atoms with Gasteiger partial charge in [0.05, 0.1) is 6.61 Å². The van der Waals surface area contributed by atoms with Crippen LogP contribution in [-0.4, -0.2) is 28.6 Å². The van der Waals surface area contributed by atoms with Gasteiger partial charge in [0.1, 0.15) is 5.82 Å². The minimum atomic E-state index is 0.655. The molecule has 1 N–H and O–H groups in total. The molecule has 2 rings (SSSR count). The molecule has 0 saturated heterocycles. The zero-order chi connectivity index (χ0) is 9.80. The standard InChI is InChI=1S/C9H15N3OS/c1-2-13-6-5-8-11-9(14-12-8)10-7-3-4-7/h7H,2-6H2,1H3,(H,10,11,12). The zero-order valence-electron chi connectivity index (χ0n) is 8.32. The van der Waals surface area contributed by atoms with E-state index in [1.165, 1.54) is 24.4 Å². The largest absolute Gasteiger partial charge is 0.381 e. The van der Waals surface area contributed by atoms with Crippen molar-refractivity contribution in [3.05, 3.63) is 5.82 Å². The molecule has 0 bridgehead atoms. The normalized spacial score (nSPS) is 15.8. The monoisotopic (exact) mass is 213 g/mol. The average Bonchev–Trinajstić information content (AvgIpc) is 2.87. The molecule has 0 spiro atoms. The molecule has 1 aliphatic rings. The van der Waals surface area contributed by atoms with Crippen molar-refractivity contribution in [2.75, 3.05) is 18.5 Å². The number of rotatable bonds is 6. The fourth-order valence-electron chi connectivity index (χ4n) is 1.12. The topological polar surface area (TPSA) is 47.0 Å². The molecule has 78 valence electrons. The van der Waals surface area contributed by atoms with Gasteiger partial charge < -0.3 is 10.1 Å². The van der Waals surface area contributed by atoms with Crippen LogP contribution in [0.3, 0.4) is 0 Å². The predicted molar refractivity (Wildman–Crippen MR) is 56.8 cm³/mol. The van der Waals surface area contributed by atoms with Crippen LogP contribution in [0, 0.1) is 0 Å². The second kappa shape index (κ2) is 4.70. The van der Waals surface area contributed by atoms with Gasteiger partial charge in [-0.3, -0.25) is 0 Å². The van der Waals surface area contributed by atoms with Crippen LogP contribution in [0.4, 0.5) is 5.13 Å². The van der Waals surface area contributed by atoms with Crippen LogP contribution in [0.15, 0.2) is 0 Å². The average molecular weight is 213 g/mol. The predicted octanol–water partition coefficient (Wildman–Crippen LogP) is 1.69. The molecule has 1 aliphatic carbocycles. The maximum Gasteiger partial charge on any atom is 0.202 e. The Morgan fingerprint density at radius 1 is 1.57 bits per heavy atom. The van der Waals surface area contributed by atoms with E-state index in [1.54, 1.807) is 0 Å². The zero-order valence-corrected chi connectivity index (χ0v) is 9.14. The third-order valence-electron chi connectivity index (χ3n) is 2.05. The van der Waals surface area contributed by atoms with Crippen molar-refractivity contribution >= 4 is 16.7 Å². The van der Waals surface area contributed by atoms with Gasteiger partial charge in [0, 0.05) is 30.6 Å². The second-order valence-electron chi connectivity index (χ2n) is 3.38. The lowest BCUT2D eigenvalue weighted by molar-refractivity contribution is 0.150. The van der Waals surface area contributed by atoms with Crippen molar-refractivity contribution in [3.8, 4) is 0 Å². The minimum Gasteiger partial charge on any atom is -0.381 e. The molecule has 1 heterocycles. The number of aromatic nitrogens is 2. The Labute approximate surface area is 87.9 Å². The number of ether oxygens (including phenoxy) is 1. The van der Waals surface area contributed by atoms with Crippen LogP contribution in [0.2, 0.25) is 0 Å². The molecule has 0 amide bonds. The first-order chi connectivity index (χ1) is 6.88. The van der Waals surface area contributed by atoms with Gasteiger partial charge in [-0.1, -0.05) is 0 Å². The Bertz CT molecular complexity index is 285. The Hall–Kier alpha value is -0.680. The summed E-state index contributed by atoms with van der Waals surface area (Å²) in [6, 6.07) is 0.655. The molecule has 0 radical (unpaired) electrons. The molecular weight excluding hydrogens is 198 g/mol. The van der Waals surface area contributed by atoms with Gasteiger partial charge in [0.2, 0.25) is 5.13 Å². The molecule has 1 fully saturated rings. The van der Waals surface area contributed by atoms with Crippen molar-refractivity contribution < 1.29 is 4.74 Å². The summed E-state index contributed by atoms with van der Waals surface area (Å²) in [6.45, 7) is 3.47. The summed E-state index contributed by atoms with van der Waals surface area (Å²) in [4.78, 5) is 4.38. The highest BCUT2D eigenvalue weighted by molar-refractivity contribution is 7.09. The van der Waals surface area contributed by atoms with Gasteiger partial charge in [-0.2, -0.15) is 4.37 Å². The molecular formula is C9H15N3OS. The first kappa shape index (κ1) is 9.86. The van der Waals surface area contributed by atoms with E-state index in [0.717, 1.165) is 30.6 Å². The van der Waals surface area contributed by atoms with Gasteiger partial charge in [0.25, 0.3) is 0 Å². The third-order valence-corrected chi connectivity index (χ3v) is 2.73. The van der Waals surface area contributed by atoms with E-state index in [0.29, 0.717) is 6.04 Å². The summed E-state index contributed by atoms with van der Waals surface area (Å²) in [5.74, 6) is 0.895. The fraction of sp³-hybridized carbons (Fsp3) is 0.778. The highest BCUT2D eigenvalue weighted by atomic mass is 32.1. The Morgan fingerprint density at radius 2 is 2.43 bits per heavy atom. The van der Waals surface area contributed by atoms with Crippen LogP contribution >= 0.6 is 11.5 Å². The van der Waals surface area contributed by atoms with E-state index in [-0.39, 0.29) is 0 Å². The maximum atomic E-state index is 5.24. The number of nitrogens with zero attached hydrogens (tertiary/aromatic N) is 2. The van der Waals surface area contributed by atoms with Crippen LogP contribution in [-0.2, 0) is 11.2 Å². The molecule has 4 nitrogen and oxygen atoms in total. The Morgan fingerprint density at radius 3 is 3.14 bits per heavy atom. The molecule has 1 aromatic heterocycles. The smallest absolute Gasteiger partial charge is 0.202 e. The molecule has 14 heavy (non-hydrogen) atoms. The van der Waals surface area contributed by atoms with E-state index in [9.17, 15) is 0 Å². The van der Waals surface area contributed by atoms with Crippen LogP contribution in [0.1, 0.15) is 25.6 Å². The van der Waals surface area contributed by atoms with Crippen molar-refractivity contribution in [2.45, 2.75) is 32.2 Å². The van der Waals surface area contributed by atoms with Crippen LogP contribution < -0.4 is 5.32 Å². The van der Waals surface area contributed by atoms with Gasteiger partial charge in [-0.25, -0.2) is 4.98 Å². The summed E-state index contributed by atoms with van der Waals surface area (Å²) in [6.07, 6.45) is 3.36. The van der Waals surface area contributed by atoms with E-state index in [1.807, 2.05) is 6.92 Å². The van der Waals surface area contributed by atoms with E-state index in [2.05, 4.69) is 14.7 Å². The summed E-state index contributed by atoms with van der Waals surface area (Å²) < 4.78 is 9.50. The molecule has 5 heteroatoms. The van der Waals surface area contributed by atoms with E-state index < -0.39 is 0 Å². The molecule has 0 aromatic carbocycles. The second-order valence-corrected chi connectivity index (χ2v) is 4.13. The highest BCUT2D eigenvalue weighted by Crippen LogP contribution is 2.25. The SMILES string of the molecule is CCOCCc1nsc(NC2CC2)n1. The van der Waals surface area contributed by atoms with E-state index in [4.69, 9.17) is 4.74 Å². The summed E-state index contributed by atoms with van der Waals surface area (Å²) in [5.41, 5.74) is 0. The quantitative estimate of drug-likeness (QED) is 0.730. The van der Waals surface area contributed by atoms with Crippen molar-refractivity contribution in [2.24, 2.45) is 0 Å². The van der Waals surface area contributed by atoms with Gasteiger partial charge in [-0.15, -0.1) is 0 Å². The molecule has 0 atom stereocenters. The van der Waals surface area contributed by atoms with E-state index >= 15 is 0 Å². The number of anilines is 1.